The summed E-state index contributed by atoms with van der Waals surface area (Å²) >= 11 is 17.1. The Kier molecular flexibility index (Phi) is 10.4. The molecule has 0 bridgehead atoms. The molecule has 0 amide bonds. The fourth-order valence-corrected chi connectivity index (χ4v) is 4.14. The third-order valence-corrected chi connectivity index (χ3v) is 6.53. The van der Waals surface area contributed by atoms with Gasteiger partial charge in [-0.25, -0.2) is 14.4 Å². The van der Waals surface area contributed by atoms with Crippen molar-refractivity contribution in [3.8, 4) is 0 Å². The highest BCUT2D eigenvalue weighted by Gasteiger charge is 2.53. The van der Waals surface area contributed by atoms with Crippen LogP contribution in [0.15, 0.2) is 91.0 Å². The predicted octanol–water partition coefficient (Wildman–Crippen LogP) is 4.74. The molecule has 0 unspecified atom stereocenters. The topological polar surface area (TPSA) is 141 Å². The van der Waals surface area contributed by atoms with Gasteiger partial charge in [0.05, 0.1) is 16.7 Å². The van der Waals surface area contributed by atoms with E-state index in [0.717, 1.165) is 0 Å². The van der Waals surface area contributed by atoms with E-state index in [0.29, 0.717) is 0 Å². The predicted molar refractivity (Wildman–Crippen MR) is 152 cm³/mol. The zero-order chi connectivity index (χ0) is 30.3. The summed E-state index contributed by atoms with van der Waals surface area (Å²) in [6.07, 6.45) is -8.10. The van der Waals surface area contributed by atoms with Gasteiger partial charge < -0.3 is 28.8 Å². The molecule has 3 aromatic carbocycles. The van der Waals surface area contributed by atoms with E-state index < -0.39 is 64.9 Å². The summed E-state index contributed by atoms with van der Waals surface area (Å²) in [5.74, 6) is -3.38. The zero-order valence-corrected chi connectivity index (χ0v) is 23.9. The van der Waals surface area contributed by atoms with Gasteiger partial charge in [0.15, 0.2) is 24.6 Å². The van der Waals surface area contributed by atoms with Crippen LogP contribution in [0.5, 0.6) is 0 Å². The molecule has 5 atom stereocenters. The van der Waals surface area contributed by atoms with Crippen LogP contribution in [0.2, 0.25) is 0 Å². The highest BCUT2D eigenvalue weighted by Crippen LogP contribution is 2.32. The van der Waals surface area contributed by atoms with E-state index in [4.69, 9.17) is 63.9 Å². The first kappa shape index (κ1) is 31.3. The van der Waals surface area contributed by atoms with E-state index in [1.807, 2.05) is 0 Å². The maximum absolute atomic E-state index is 13.2. The van der Waals surface area contributed by atoms with Gasteiger partial charge in [-0.1, -0.05) is 89.4 Å². The van der Waals surface area contributed by atoms with Gasteiger partial charge in [-0.15, -0.1) is 0 Å². The lowest BCUT2D eigenvalue weighted by molar-refractivity contribution is -0.283. The van der Waals surface area contributed by atoms with E-state index in [1.54, 1.807) is 54.6 Å². The Balaban J connectivity index is 1.70. The van der Waals surface area contributed by atoms with E-state index in [1.165, 1.54) is 36.4 Å². The normalized spacial score (nSPS) is 22.0. The number of halogens is 3. The van der Waals surface area contributed by atoms with Crippen molar-refractivity contribution in [2.24, 2.45) is 0 Å². The summed E-state index contributed by atoms with van der Waals surface area (Å²) < 4.78 is 25.7. The molecule has 0 spiro atoms. The Morgan fingerprint density at radius 3 is 1.48 bits per heavy atom. The fraction of sp³-hybridized carbons (Fsp3) is 0.241. The summed E-state index contributed by atoms with van der Waals surface area (Å²) in [6, 6.07) is 23.6. The minimum atomic E-state index is -2.23. The molecule has 1 saturated heterocycles. The number of alkyl halides is 3. The molecule has 220 valence electrons. The molecule has 3 aromatic rings. The van der Waals surface area contributed by atoms with E-state index >= 15 is 0 Å². The monoisotopic (exact) mass is 635 g/mol. The van der Waals surface area contributed by atoms with Crippen LogP contribution in [0.25, 0.3) is 0 Å². The molecule has 42 heavy (non-hydrogen) atoms. The second kappa shape index (κ2) is 14.0. The number of carbonyl (C=O) groups is 3. The van der Waals surface area contributed by atoms with Crippen LogP contribution in [0.4, 0.5) is 0 Å². The van der Waals surface area contributed by atoms with Gasteiger partial charge >= 0.3 is 17.9 Å². The van der Waals surface area contributed by atoms with Crippen LogP contribution in [0.1, 0.15) is 31.1 Å². The van der Waals surface area contributed by atoms with Crippen LogP contribution < -0.4 is 0 Å². The lowest BCUT2D eigenvalue weighted by atomic mass is 9.97. The number of esters is 3. The molecule has 1 heterocycles. The maximum Gasteiger partial charge on any atom is 0.338 e. The van der Waals surface area contributed by atoms with E-state index in [2.05, 4.69) is 0 Å². The number of hydrogen-bond acceptors (Lipinski definition) is 10. The third kappa shape index (κ3) is 7.99. The van der Waals surface area contributed by atoms with Crippen molar-refractivity contribution >= 4 is 58.6 Å². The second-order valence-corrected chi connectivity index (χ2v) is 11.2. The van der Waals surface area contributed by atoms with E-state index in [-0.39, 0.29) is 16.7 Å². The average Bonchev–Trinajstić information content (AvgIpc) is 2.99. The van der Waals surface area contributed by atoms with Crippen molar-refractivity contribution in [2.75, 3.05) is 6.61 Å². The number of aliphatic hydroxyl groups is 1. The highest BCUT2D eigenvalue weighted by atomic mass is 35.6. The summed E-state index contributed by atoms with van der Waals surface area (Å²) in [7, 11) is 0. The van der Waals surface area contributed by atoms with Crippen molar-refractivity contribution < 1.29 is 43.2 Å². The maximum atomic E-state index is 13.2. The third-order valence-electron chi connectivity index (χ3n) is 6.02. The van der Waals surface area contributed by atoms with Gasteiger partial charge in [0.25, 0.3) is 3.79 Å². The van der Waals surface area contributed by atoms with Crippen LogP contribution in [0, 0.1) is 5.41 Å². The second-order valence-electron chi connectivity index (χ2n) is 8.91. The number of carbonyl (C=O) groups excluding carboxylic acids is 3. The van der Waals surface area contributed by atoms with Crippen molar-refractivity contribution in [3.63, 3.8) is 0 Å². The highest BCUT2D eigenvalue weighted by molar-refractivity contribution is 6.76. The van der Waals surface area contributed by atoms with Crippen LogP contribution in [-0.4, -0.2) is 70.0 Å². The van der Waals surface area contributed by atoms with Gasteiger partial charge in [0, 0.05) is 0 Å². The largest absolute Gasteiger partial charge is 0.475 e. The summed E-state index contributed by atoms with van der Waals surface area (Å²) in [4.78, 5) is 39.3. The van der Waals surface area contributed by atoms with Gasteiger partial charge in [-0.3, -0.25) is 5.41 Å². The van der Waals surface area contributed by atoms with Crippen molar-refractivity contribution in [2.45, 2.75) is 34.5 Å². The molecule has 1 fully saturated rings. The Morgan fingerprint density at radius 2 is 1.07 bits per heavy atom. The Labute approximate surface area is 255 Å². The number of benzene rings is 3. The average molecular weight is 637 g/mol. The number of hydrogen-bond donors (Lipinski definition) is 2. The number of nitrogens with one attached hydrogen (secondary N) is 1. The standard InChI is InChI=1S/C29H24Cl3NO9/c30-29(31,32)28(33)38-16-20-21(40-24(34)17-10-4-1-5-11-17)22(41-25(35)18-12-6-2-7-13-18)23(27(37)39-20)42-26(36)19-14-8-3-9-15-19/h1-15,20-23,27,33,37H,16H2/t20-,21+,22+,23-,27+/m1/s1. The lowest BCUT2D eigenvalue weighted by Crippen LogP contribution is -2.62. The fourth-order valence-electron chi connectivity index (χ4n) is 3.98. The Morgan fingerprint density at radius 1 is 0.690 bits per heavy atom. The van der Waals surface area contributed by atoms with Gasteiger partial charge in [0.2, 0.25) is 5.90 Å². The summed E-state index contributed by atoms with van der Waals surface area (Å²) in [6.45, 7) is -0.588. The summed E-state index contributed by atoms with van der Waals surface area (Å²) in [5.41, 5.74) is 0.408. The molecule has 1 aliphatic rings. The molecular weight excluding hydrogens is 613 g/mol. The number of ether oxygens (including phenoxy) is 5. The Bertz CT molecular complexity index is 1390. The SMILES string of the molecule is N=C(OC[C@H]1O[C@H](O)[C@H](OC(=O)c2ccccc2)[C@@H](OC(=O)c2ccccc2)[C@H]1OC(=O)c1ccccc1)C(Cl)(Cl)Cl. The van der Waals surface area contributed by atoms with Crippen molar-refractivity contribution in [3.05, 3.63) is 108 Å². The molecule has 0 aromatic heterocycles. The molecule has 0 saturated carbocycles. The molecular formula is C29H24Cl3NO9. The lowest BCUT2D eigenvalue weighted by Gasteiger charge is -2.43. The van der Waals surface area contributed by atoms with Gasteiger partial charge in [-0.2, -0.15) is 0 Å². The summed E-state index contributed by atoms with van der Waals surface area (Å²) in [5, 5.41) is 18.8. The van der Waals surface area contributed by atoms with E-state index in [9.17, 15) is 19.5 Å². The van der Waals surface area contributed by atoms with Crippen LogP contribution >= 0.6 is 34.8 Å². The quantitative estimate of drug-likeness (QED) is 0.118. The molecule has 2 N–H and O–H groups in total. The number of aliphatic hydroxyl groups excluding tert-OH is 1. The van der Waals surface area contributed by atoms with Gasteiger partial charge in [0.1, 0.15) is 12.7 Å². The van der Waals surface area contributed by atoms with Crippen LogP contribution in [0.3, 0.4) is 0 Å². The first-order chi connectivity index (χ1) is 20.0. The van der Waals surface area contributed by atoms with Crippen molar-refractivity contribution in [1.82, 2.24) is 0 Å². The molecule has 1 aliphatic heterocycles. The molecule has 0 aliphatic carbocycles. The first-order valence-corrected chi connectivity index (χ1v) is 13.6. The Hall–Kier alpha value is -3.67. The van der Waals surface area contributed by atoms with Crippen LogP contribution in [-0.2, 0) is 23.7 Å². The smallest absolute Gasteiger partial charge is 0.338 e. The molecule has 10 nitrogen and oxygen atoms in total. The number of rotatable bonds is 8. The molecule has 13 heteroatoms. The minimum absolute atomic E-state index is 0.130. The van der Waals surface area contributed by atoms with Gasteiger partial charge in [-0.05, 0) is 36.4 Å². The molecule has 4 rings (SSSR count). The minimum Gasteiger partial charge on any atom is -0.475 e. The zero-order valence-electron chi connectivity index (χ0n) is 21.6. The first-order valence-electron chi connectivity index (χ1n) is 12.4. The van der Waals surface area contributed by atoms with Crippen molar-refractivity contribution in [1.29, 1.82) is 5.41 Å². The molecule has 0 radical (unpaired) electrons.